The van der Waals surface area contributed by atoms with Crippen LogP contribution in [0.1, 0.15) is 21.1 Å². The summed E-state index contributed by atoms with van der Waals surface area (Å²) in [5, 5.41) is 2.69. The number of nitrogens with one attached hydrogen (secondary N) is 1. The lowest BCUT2D eigenvalue weighted by atomic mass is 10.3. The largest absolute Gasteiger partial charge is 0.378 e. The SMILES string of the molecule is C=CCNC(=O)c1nc(C(=O)N2CCOCC2)n2ccccc12. The molecule has 2 aromatic rings. The van der Waals surface area contributed by atoms with Crippen molar-refractivity contribution in [1.29, 1.82) is 0 Å². The molecule has 3 heterocycles. The van der Waals surface area contributed by atoms with E-state index in [1.807, 2.05) is 6.07 Å². The summed E-state index contributed by atoms with van der Waals surface area (Å²) in [6.45, 7) is 6.00. The van der Waals surface area contributed by atoms with Crippen molar-refractivity contribution in [3.8, 4) is 0 Å². The second-order valence-electron chi connectivity index (χ2n) is 5.14. The summed E-state index contributed by atoms with van der Waals surface area (Å²) < 4.78 is 6.92. The standard InChI is InChI=1S/C16H18N4O3/c1-2-6-17-15(21)13-12-5-3-4-7-20(12)14(18-13)16(22)19-8-10-23-11-9-19/h2-5,7H,1,6,8-11H2,(H,17,21). The third-order valence-corrected chi connectivity index (χ3v) is 3.66. The quantitative estimate of drug-likeness (QED) is 0.844. The van der Waals surface area contributed by atoms with E-state index in [0.717, 1.165) is 0 Å². The first-order valence-electron chi connectivity index (χ1n) is 7.45. The third-order valence-electron chi connectivity index (χ3n) is 3.66. The van der Waals surface area contributed by atoms with Gasteiger partial charge in [0.25, 0.3) is 11.8 Å². The van der Waals surface area contributed by atoms with Gasteiger partial charge in [0.2, 0.25) is 5.82 Å². The van der Waals surface area contributed by atoms with Crippen LogP contribution >= 0.6 is 0 Å². The minimum atomic E-state index is -0.324. The number of rotatable bonds is 4. The van der Waals surface area contributed by atoms with Crippen LogP contribution < -0.4 is 5.32 Å². The van der Waals surface area contributed by atoms with Gasteiger partial charge in [-0.25, -0.2) is 4.98 Å². The predicted molar refractivity (Wildman–Crippen MR) is 84.4 cm³/mol. The highest BCUT2D eigenvalue weighted by atomic mass is 16.5. The molecule has 7 heteroatoms. The van der Waals surface area contributed by atoms with Gasteiger partial charge in [0.15, 0.2) is 5.69 Å². The average Bonchev–Trinajstić information content (AvgIpc) is 2.99. The molecule has 0 saturated carbocycles. The van der Waals surface area contributed by atoms with Crippen molar-refractivity contribution in [2.75, 3.05) is 32.8 Å². The number of nitrogens with zero attached hydrogens (tertiary/aromatic N) is 3. The highest BCUT2D eigenvalue weighted by Crippen LogP contribution is 2.15. The molecule has 0 atom stereocenters. The van der Waals surface area contributed by atoms with Gasteiger partial charge in [0.1, 0.15) is 0 Å². The van der Waals surface area contributed by atoms with Crippen molar-refractivity contribution in [2.45, 2.75) is 0 Å². The van der Waals surface area contributed by atoms with E-state index in [1.54, 1.807) is 33.7 Å². The number of aromatic nitrogens is 2. The van der Waals surface area contributed by atoms with E-state index in [2.05, 4.69) is 16.9 Å². The Labute approximate surface area is 133 Å². The van der Waals surface area contributed by atoms with Gasteiger partial charge in [0, 0.05) is 25.8 Å². The van der Waals surface area contributed by atoms with Gasteiger partial charge >= 0.3 is 0 Å². The van der Waals surface area contributed by atoms with Crippen LogP contribution in [0.5, 0.6) is 0 Å². The fourth-order valence-corrected chi connectivity index (χ4v) is 2.51. The van der Waals surface area contributed by atoms with Crippen LogP contribution in [0.15, 0.2) is 37.1 Å². The van der Waals surface area contributed by atoms with E-state index in [0.29, 0.717) is 38.4 Å². The second kappa shape index (κ2) is 6.62. The van der Waals surface area contributed by atoms with Gasteiger partial charge in [-0.3, -0.25) is 14.0 Å². The number of carbonyl (C=O) groups is 2. The molecule has 1 N–H and O–H groups in total. The number of imidazole rings is 1. The minimum absolute atomic E-state index is 0.197. The zero-order valence-corrected chi connectivity index (χ0v) is 12.7. The Hall–Kier alpha value is -2.67. The van der Waals surface area contributed by atoms with Gasteiger partial charge in [-0.05, 0) is 12.1 Å². The third kappa shape index (κ3) is 2.95. The molecule has 2 amide bonds. The van der Waals surface area contributed by atoms with Crippen LogP contribution in [-0.4, -0.2) is 58.9 Å². The Morgan fingerprint density at radius 3 is 2.87 bits per heavy atom. The molecule has 0 aromatic carbocycles. The average molecular weight is 314 g/mol. The fraction of sp³-hybridized carbons (Fsp3) is 0.312. The minimum Gasteiger partial charge on any atom is -0.378 e. The Balaban J connectivity index is 1.98. The van der Waals surface area contributed by atoms with E-state index in [4.69, 9.17) is 4.74 Å². The van der Waals surface area contributed by atoms with Crippen LogP contribution in [0.25, 0.3) is 5.52 Å². The summed E-state index contributed by atoms with van der Waals surface area (Å²) in [6, 6.07) is 5.38. The Kier molecular flexibility index (Phi) is 4.38. The Morgan fingerprint density at radius 1 is 1.35 bits per heavy atom. The van der Waals surface area contributed by atoms with Gasteiger partial charge in [-0.15, -0.1) is 6.58 Å². The molecule has 0 unspecified atom stereocenters. The number of morpholine rings is 1. The van der Waals surface area contributed by atoms with E-state index in [1.165, 1.54) is 0 Å². The highest BCUT2D eigenvalue weighted by molar-refractivity contribution is 6.02. The molecular formula is C16H18N4O3. The Bertz CT molecular complexity index is 747. The van der Waals surface area contributed by atoms with Crippen molar-refractivity contribution >= 4 is 17.3 Å². The molecule has 0 radical (unpaired) electrons. The maximum Gasteiger partial charge on any atom is 0.290 e. The number of hydrogen-bond donors (Lipinski definition) is 1. The first-order valence-corrected chi connectivity index (χ1v) is 7.45. The van der Waals surface area contributed by atoms with Crippen LogP contribution in [0.2, 0.25) is 0 Å². The lowest BCUT2D eigenvalue weighted by molar-refractivity contribution is 0.0294. The van der Waals surface area contributed by atoms with E-state index >= 15 is 0 Å². The molecule has 0 aliphatic carbocycles. The normalized spacial score (nSPS) is 14.7. The molecule has 2 aromatic heterocycles. The van der Waals surface area contributed by atoms with Gasteiger partial charge in [0.05, 0.1) is 18.7 Å². The summed E-state index contributed by atoms with van der Waals surface area (Å²) >= 11 is 0. The molecule has 7 nitrogen and oxygen atoms in total. The zero-order chi connectivity index (χ0) is 16.2. The second-order valence-corrected chi connectivity index (χ2v) is 5.14. The molecule has 1 saturated heterocycles. The first-order chi connectivity index (χ1) is 11.2. The fourth-order valence-electron chi connectivity index (χ4n) is 2.51. The molecule has 1 aliphatic rings. The highest BCUT2D eigenvalue weighted by Gasteiger charge is 2.26. The number of hydrogen-bond acceptors (Lipinski definition) is 4. The summed E-state index contributed by atoms with van der Waals surface area (Å²) in [6.07, 6.45) is 3.33. The van der Waals surface area contributed by atoms with Gasteiger partial charge in [-0.1, -0.05) is 12.1 Å². The van der Waals surface area contributed by atoms with Gasteiger partial charge in [-0.2, -0.15) is 0 Å². The number of fused-ring (bicyclic) bond motifs is 1. The maximum absolute atomic E-state index is 12.7. The van der Waals surface area contributed by atoms with E-state index in [-0.39, 0.29) is 23.3 Å². The maximum atomic E-state index is 12.7. The molecule has 3 rings (SSSR count). The van der Waals surface area contributed by atoms with Crippen LogP contribution in [0, 0.1) is 0 Å². The molecule has 1 aliphatic heterocycles. The molecule has 0 spiro atoms. The molecule has 120 valence electrons. The lowest BCUT2D eigenvalue weighted by Gasteiger charge is -2.26. The number of carbonyl (C=O) groups excluding carboxylic acids is 2. The van der Waals surface area contributed by atoms with Crippen molar-refractivity contribution in [1.82, 2.24) is 19.6 Å². The summed E-state index contributed by atoms with van der Waals surface area (Å²) in [7, 11) is 0. The van der Waals surface area contributed by atoms with Crippen molar-refractivity contribution in [2.24, 2.45) is 0 Å². The smallest absolute Gasteiger partial charge is 0.290 e. The summed E-state index contributed by atoms with van der Waals surface area (Å²) in [4.78, 5) is 30.9. The number of amides is 2. The summed E-state index contributed by atoms with van der Waals surface area (Å²) in [5.74, 6) is -0.279. The van der Waals surface area contributed by atoms with Crippen molar-refractivity contribution < 1.29 is 14.3 Å². The predicted octanol–water partition coefficient (Wildman–Crippen LogP) is 0.722. The van der Waals surface area contributed by atoms with Crippen LogP contribution in [-0.2, 0) is 4.74 Å². The zero-order valence-electron chi connectivity index (χ0n) is 12.7. The van der Waals surface area contributed by atoms with E-state index < -0.39 is 0 Å². The number of ether oxygens (including phenoxy) is 1. The Morgan fingerprint density at radius 2 is 2.13 bits per heavy atom. The molecular weight excluding hydrogens is 296 g/mol. The van der Waals surface area contributed by atoms with E-state index in [9.17, 15) is 9.59 Å². The lowest BCUT2D eigenvalue weighted by Crippen LogP contribution is -2.41. The molecule has 1 fully saturated rings. The topological polar surface area (TPSA) is 75.9 Å². The van der Waals surface area contributed by atoms with Crippen molar-refractivity contribution in [3.63, 3.8) is 0 Å². The van der Waals surface area contributed by atoms with Crippen LogP contribution in [0.3, 0.4) is 0 Å². The molecule has 23 heavy (non-hydrogen) atoms. The van der Waals surface area contributed by atoms with Crippen molar-refractivity contribution in [3.05, 3.63) is 48.6 Å². The monoisotopic (exact) mass is 314 g/mol. The summed E-state index contributed by atoms with van der Waals surface area (Å²) in [5.41, 5.74) is 0.842. The first kappa shape index (κ1) is 15.2. The molecule has 0 bridgehead atoms. The van der Waals surface area contributed by atoms with Gasteiger partial charge < -0.3 is 15.0 Å². The number of pyridine rings is 1. The van der Waals surface area contributed by atoms with Crippen LogP contribution in [0.4, 0.5) is 0 Å².